The van der Waals surface area contributed by atoms with Crippen LogP contribution in [0.3, 0.4) is 0 Å². The van der Waals surface area contributed by atoms with Crippen LogP contribution in [0.2, 0.25) is 0 Å². The second-order valence-electron chi connectivity index (χ2n) is 15.9. The number of quaternary nitrogens is 1. The number of esters is 1. The van der Waals surface area contributed by atoms with Gasteiger partial charge in [-0.15, -0.1) is 0 Å². The number of aliphatic imine (C=N–C) groups is 1. The van der Waals surface area contributed by atoms with Gasteiger partial charge in [0.1, 0.15) is 18.1 Å². The first-order valence-corrected chi connectivity index (χ1v) is 19.5. The minimum absolute atomic E-state index is 0.0190. The van der Waals surface area contributed by atoms with Gasteiger partial charge >= 0.3 is 11.9 Å². The molecule has 3 fully saturated rings. The Labute approximate surface area is 274 Å². The Hall–Kier alpha value is -1.83. The van der Waals surface area contributed by atoms with E-state index in [1.54, 1.807) is 0 Å². The molecule has 6 aliphatic heterocycles. The Bertz CT molecular complexity index is 1060. The van der Waals surface area contributed by atoms with Crippen molar-refractivity contribution in [2.75, 3.05) is 0 Å². The van der Waals surface area contributed by atoms with Gasteiger partial charge in [0.25, 0.3) is 0 Å². The molecule has 254 valence electrons. The van der Waals surface area contributed by atoms with Crippen molar-refractivity contribution in [3.8, 4) is 0 Å². The number of hydrogen-bond donors (Lipinski definition) is 3. The van der Waals surface area contributed by atoms with Crippen LogP contribution < -0.4 is 16.0 Å². The fourth-order valence-corrected chi connectivity index (χ4v) is 9.98. The Morgan fingerprint density at radius 3 is 2.38 bits per heavy atom. The molecule has 8 nitrogen and oxygen atoms in total. The number of nitrogens with two attached hydrogens (primary N) is 1. The lowest BCUT2D eigenvalue weighted by Gasteiger charge is -2.47. The van der Waals surface area contributed by atoms with Crippen LogP contribution in [0.15, 0.2) is 4.99 Å². The van der Waals surface area contributed by atoms with Gasteiger partial charge < -0.3 is 15.0 Å². The molecule has 0 aliphatic carbocycles. The molecule has 6 heterocycles. The molecule has 4 N–H and O–H groups in total. The lowest BCUT2D eigenvalue weighted by Crippen LogP contribution is -3.00. The summed E-state index contributed by atoms with van der Waals surface area (Å²) in [6.45, 7) is 8.88. The first kappa shape index (κ1) is 33.1. The first-order valence-electron chi connectivity index (χ1n) is 19.5. The minimum atomic E-state index is -0.147. The van der Waals surface area contributed by atoms with E-state index in [-0.39, 0.29) is 30.1 Å². The third-order valence-corrected chi connectivity index (χ3v) is 12.2. The molecule has 8 heteroatoms. The molecule has 6 aliphatic rings. The highest BCUT2D eigenvalue weighted by Crippen LogP contribution is 2.40. The molecule has 0 amide bonds. The number of carbonyl (C=O) groups excluding carboxylic acids is 1. The van der Waals surface area contributed by atoms with E-state index >= 15 is 0 Å². The highest BCUT2D eigenvalue weighted by molar-refractivity contribution is 5.86. The van der Waals surface area contributed by atoms with Crippen LogP contribution >= 0.6 is 0 Å². The largest absolute Gasteiger partial charge is 0.462 e. The van der Waals surface area contributed by atoms with E-state index in [0.717, 1.165) is 37.3 Å². The summed E-state index contributed by atoms with van der Waals surface area (Å²) in [5.41, 5.74) is 0. The Balaban J connectivity index is 0.898. The van der Waals surface area contributed by atoms with Crippen LogP contribution in [0, 0.1) is 5.92 Å². The van der Waals surface area contributed by atoms with Crippen molar-refractivity contribution in [1.82, 2.24) is 15.5 Å². The van der Waals surface area contributed by atoms with Gasteiger partial charge in [-0.1, -0.05) is 58.3 Å². The van der Waals surface area contributed by atoms with Gasteiger partial charge in [0.2, 0.25) is 0 Å². The van der Waals surface area contributed by atoms with E-state index in [4.69, 9.17) is 9.73 Å². The maximum absolute atomic E-state index is 13.6. The van der Waals surface area contributed by atoms with Crippen molar-refractivity contribution in [3.05, 3.63) is 0 Å². The van der Waals surface area contributed by atoms with Gasteiger partial charge in [0.05, 0.1) is 24.1 Å². The quantitative estimate of drug-likeness (QED) is 0.125. The highest BCUT2D eigenvalue weighted by Gasteiger charge is 2.51. The normalized spacial score (nSPS) is 35.7. The molecule has 0 aromatic carbocycles. The summed E-state index contributed by atoms with van der Waals surface area (Å²) in [5, 5.41) is 10.2. The lowest BCUT2D eigenvalue weighted by atomic mass is 9.89. The summed E-state index contributed by atoms with van der Waals surface area (Å²) in [7, 11) is 0. The first-order chi connectivity index (χ1) is 21.9. The highest BCUT2D eigenvalue weighted by atomic mass is 16.5. The van der Waals surface area contributed by atoms with Crippen molar-refractivity contribution in [2.24, 2.45) is 10.9 Å². The zero-order valence-corrected chi connectivity index (χ0v) is 29.2. The average Bonchev–Trinajstić information content (AvgIpc) is 3.61. The average molecular weight is 627 g/mol. The summed E-state index contributed by atoms with van der Waals surface area (Å²) in [5.74, 6) is 2.33. The van der Waals surface area contributed by atoms with Crippen molar-refractivity contribution in [3.63, 3.8) is 0 Å². The lowest BCUT2D eigenvalue weighted by molar-refractivity contribution is -0.714. The second-order valence-corrected chi connectivity index (χ2v) is 15.9. The molecule has 0 radical (unpaired) electrons. The Kier molecular flexibility index (Phi) is 11.3. The minimum Gasteiger partial charge on any atom is -0.462 e. The van der Waals surface area contributed by atoms with E-state index in [2.05, 4.69) is 53.1 Å². The third-order valence-electron chi connectivity index (χ3n) is 12.2. The molecular weight excluding hydrogens is 560 g/mol. The summed E-state index contributed by atoms with van der Waals surface area (Å²) in [6.07, 6.45) is 25.4. The van der Waals surface area contributed by atoms with Gasteiger partial charge in [-0.3, -0.25) is 4.79 Å². The molecule has 3 saturated heterocycles. The summed E-state index contributed by atoms with van der Waals surface area (Å²) < 4.78 is 8.85. The SMILES string of the molecule is CCCCCCCCC[C@@H]1C[C@@H]2CC[C@H]3C(C(=O)O[C@H](C)CCCCC[C@@H]4C[C@@H]5CC[C@@H]6C[C@H](C)[NH2+]C(=[N+]65)N4)C(C)N=C(N1)N23. The standard InChI is InChI=1S/C37H64N6O2/c1-5-6-7-8-9-10-13-16-29-24-32-20-21-33-34(27(4)39-37(41-29)43(32)33)35(44)45-26(3)15-12-11-14-17-28-23-31-19-18-30-22-25(2)38-36(40-28)42(30)31/h25-34H,5-24H2,1-4H3,(H2,38,39,40,41)/p+2/t25-,26+,27?,28+,29+,30+,31-,32-,33-,34?/m0/s1. The van der Waals surface area contributed by atoms with Gasteiger partial charge in [-0.2, -0.15) is 0 Å². The van der Waals surface area contributed by atoms with Crippen LogP contribution in [0.25, 0.3) is 0 Å². The molecule has 10 atom stereocenters. The summed E-state index contributed by atoms with van der Waals surface area (Å²) in [4.78, 5) is 21.1. The maximum atomic E-state index is 13.6. The van der Waals surface area contributed by atoms with Crippen molar-refractivity contribution in [2.45, 2.75) is 211 Å². The molecule has 0 bridgehead atoms. The van der Waals surface area contributed by atoms with Crippen LogP contribution in [0.1, 0.15) is 156 Å². The van der Waals surface area contributed by atoms with Crippen molar-refractivity contribution in [1.29, 1.82) is 0 Å². The van der Waals surface area contributed by atoms with E-state index < -0.39 is 0 Å². The molecule has 0 spiro atoms. The maximum Gasteiger partial charge on any atom is 0.441 e. The van der Waals surface area contributed by atoms with Crippen LogP contribution in [-0.4, -0.2) is 81.8 Å². The zero-order chi connectivity index (χ0) is 31.3. The third kappa shape index (κ3) is 7.84. The van der Waals surface area contributed by atoms with Gasteiger partial charge in [-0.05, 0) is 85.0 Å². The number of unbranched alkanes of at least 4 members (excludes halogenated alkanes) is 8. The monoisotopic (exact) mass is 627 g/mol. The van der Waals surface area contributed by atoms with E-state index in [1.165, 1.54) is 115 Å². The smallest absolute Gasteiger partial charge is 0.441 e. The number of nitrogens with one attached hydrogen (secondary N) is 2. The molecule has 6 rings (SSSR count). The summed E-state index contributed by atoms with van der Waals surface area (Å²) >= 11 is 0. The number of ether oxygens (including phenoxy) is 1. The van der Waals surface area contributed by atoms with Crippen molar-refractivity contribution >= 4 is 17.9 Å². The summed E-state index contributed by atoms with van der Waals surface area (Å²) in [6, 6.07) is 4.11. The van der Waals surface area contributed by atoms with Gasteiger partial charge in [0.15, 0.2) is 5.96 Å². The fourth-order valence-electron chi connectivity index (χ4n) is 9.98. The molecular formula is C37H66N6O2+2. The predicted octanol–water partition coefficient (Wildman–Crippen LogP) is 5.20. The number of hydrogen-bond acceptors (Lipinski definition) is 6. The zero-order valence-electron chi connectivity index (χ0n) is 29.2. The van der Waals surface area contributed by atoms with Gasteiger partial charge in [-0.25, -0.2) is 20.2 Å². The number of guanidine groups is 2. The topological polar surface area (TPSA) is 85.6 Å². The van der Waals surface area contributed by atoms with E-state index in [1.807, 2.05) is 0 Å². The Morgan fingerprint density at radius 2 is 1.60 bits per heavy atom. The number of rotatable bonds is 16. The van der Waals surface area contributed by atoms with Gasteiger partial charge in [0, 0.05) is 31.0 Å². The number of nitrogens with zero attached hydrogens (tertiary/aromatic N) is 3. The van der Waals surface area contributed by atoms with Crippen LogP contribution in [0.4, 0.5) is 0 Å². The number of carbonyl (C=O) groups is 1. The molecule has 2 unspecified atom stereocenters. The second kappa shape index (κ2) is 15.4. The van der Waals surface area contributed by atoms with Crippen LogP contribution in [0.5, 0.6) is 0 Å². The van der Waals surface area contributed by atoms with E-state index in [0.29, 0.717) is 24.2 Å². The molecule has 0 aromatic rings. The fraction of sp³-hybridized carbons (Fsp3) is 0.919. The molecule has 0 aromatic heterocycles. The molecule has 0 saturated carbocycles. The van der Waals surface area contributed by atoms with E-state index in [9.17, 15) is 4.79 Å². The Morgan fingerprint density at radius 1 is 0.911 bits per heavy atom. The van der Waals surface area contributed by atoms with Crippen LogP contribution in [-0.2, 0) is 9.53 Å². The van der Waals surface area contributed by atoms with Crippen molar-refractivity contribution < 1.29 is 19.4 Å². The predicted molar refractivity (Wildman–Crippen MR) is 181 cm³/mol. The molecule has 45 heavy (non-hydrogen) atoms.